The Kier molecular flexibility index (Phi) is 11.3. The number of rotatable bonds is 8. The number of carbonyl (C=O) groups is 5. The molecule has 2 aromatic carbocycles. The maximum absolute atomic E-state index is 14.9. The predicted octanol–water partition coefficient (Wildman–Crippen LogP) is 4.14. The van der Waals surface area contributed by atoms with E-state index in [1.807, 2.05) is 0 Å². The molecule has 4 aliphatic rings. The third-order valence-corrected chi connectivity index (χ3v) is 12.4. The van der Waals surface area contributed by atoms with Crippen LogP contribution in [0.25, 0.3) is 0 Å². The molecule has 1 heterocycles. The van der Waals surface area contributed by atoms with Gasteiger partial charge in [0.2, 0.25) is 0 Å². The molecule has 2 unspecified atom stereocenters. The monoisotopic (exact) mass is 791 g/mol. The van der Waals surface area contributed by atoms with Crippen molar-refractivity contribution in [1.82, 2.24) is 5.32 Å². The number of benzene rings is 2. The van der Waals surface area contributed by atoms with Crippen LogP contribution in [0, 0.1) is 22.7 Å². The molecule has 308 valence electrons. The lowest BCUT2D eigenvalue weighted by molar-refractivity contribution is -0.335. The van der Waals surface area contributed by atoms with Crippen molar-refractivity contribution in [2.75, 3.05) is 6.61 Å². The summed E-state index contributed by atoms with van der Waals surface area (Å²) in [4.78, 5) is 68.8. The van der Waals surface area contributed by atoms with E-state index in [-0.39, 0.29) is 30.6 Å². The van der Waals surface area contributed by atoms with Gasteiger partial charge in [-0.3, -0.25) is 9.59 Å². The molecule has 0 radical (unpaired) electrons. The number of fused-ring (bicyclic) bond motifs is 5. The van der Waals surface area contributed by atoms with Gasteiger partial charge in [0.1, 0.15) is 30.0 Å². The summed E-state index contributed by atoms with van der Waals surface area (Å²) in [5, 5.41) is 38.2. The summed E-state index contributed by atoms with van der Waals surface area (Å²) < 4.78 is 29.9. The summed E-state index contributed by atoms with van der Waals surface area (Å²) in [5.74, 6) is -5.44. The lowest BCUT2D eigenvalue weighted by Crippen LogP contribution is -2.79. The van der Waals surface area contributed by atoms with Gasteiger partial charge in [0.25, 0.3) is 0 Å². The van der Waals surface area contributed by atoms with Gasteiger partial charge >= 0.3 is 24.0 Å². The van der Waals surface area contributed by atoms with Gasteiger partial charge in [-0.1, -0.05) is 62.4 Å². The van der Waals surface area contributed by atoms with Crippen molar-refractivity contribution in [2.24, 2.45) is 22.7 Å². The Labute approximate surface area is 331 Å². The first-order valence-corrected chi connectivity index (χ1v) is 19.2. The van der Waals surface area contributed by atoms with Crippen LogP contribution in [0.3, 0.4) is 0 Å². The van der Waals surface area contributed by atoms with E-state index in [1.54, 1.807) is 102 Å². The number of hydrogen-bond donors (Lipinski definition) is 4. The Bertz CT molecular complexity index is 1920. The highest BCUT2D eigenvalue weighted by molar-refractivity contribution is 5.94. The van der Waals surface area contributed by atoms with Gasteiger partial charge in [-0.15, -0.1) is 0 Å². The maximum Gasteiger partial charge on any atom is 0.408 e. The van der Waals surface area contributed by atoms with E-state index in [0.717, 1.165) is 0 Å². The number of ketones is 1. The second kappa shape index (κ2) is 15.3. The molecule has 2 saturated carbocycles. The van der Waals surface area contributed by atoms with Crippen LogP contribution in [-0.2, 0) is 38.1 Å². The quantitative estimate of drug-likeness (QED) is 0.169. The number of amides is 1. The van der Waals surface area contributed by atoms with E-state index in [4.69, 9.17) is 23.7 Å². The zero-order valence-electron chi connectivity index (χ0n) is 33.5. The van der Waals surface area contributed by atoms with Crippen LogP contribution in [0.4, 0.5) is 4.79 Å². The van der Waals surface area contributed by atoms with Crippen molar-refractivity contribution in [2.45, 2.75) is 122 Å². The van der Waals surface area contributed by atoms with Gasteiger partial charge in [-0.2, -0.15) is 0 Å². The number of esters is 3. The van der Waals surface area contributed by atoms with Crippen molar-refractivity contribution in [3.63, 3.8) is 0 Å². The molecule has 1 aliphatic heterocycles. The van der Waals surface area contributed by atoms with Gasteiger partial charge in [-0.05, 0) is 75.3 Å². The van der Waals surface area contributed by atoms with Gasteiger partial charge in [0.15, 0.2) is 17.5 Å². The molecular formula is C43H53NO13. The number of hydrogen-bond acceptors (Lipinski definition) is 13. The average Bonchev–Trinajstić information content (AvgIpc) is 3.13. The van der Waals surface area contributed by atoms with Crippen molar-refractivity contribution < 1.29 is 63.0 Å². The van der Waals surface area contributed by atoms with E-state index in [1.165, 1.54) is 13.8 Å². The van der Waals surface area contributed by atoms with Gasteiger partial charge in [0, 0.05) is 19.3 Å². The van der Waals surface area contributed by atoms with Crippen molar-refractivity contribution >= 4 is 29.8 Å². The van der Waals surface area contributed by atoms with E-state index in [0.29, 0.717) is 11.1 Å². The molecule has 6 rings (SSSR count). The molecule has 1 saturated heterocycles. The standard InChI is InChI=1S/C43H53NO13/c1-22-27(54-38(51)33(48)31(24-15-11-9-12-16-24)44-39(52)57-40(3,4)5)19-26-34(55-37(50)25-17-13-10-14-18-25)35-42(8,36(49)32(47)30(22)41(26,6)7)28(46)20-29-43(35,21-53-29)56-23(2)45/h9-18,26-29,31-35,46-48H,19-21H2,1-8H3,(H,44,52)/t26-,27+,28+,29?,31+,32-,33-,34-,35+,42-,43?/m0/s1. The smallest absolute Gasteiger partial charge is 0.408 e. The molecule has 11 atom stereocenters. The summed E-state index contributed by atoms with van der Waals surface area (Å²) in [5.41, 5.74) is -4.27. The molecule has 57 heavy (non-hydrogen) atoms. The molecule has 1 amide bonds. The minimum atomic E-state index is -1.95. The molecule has 3 aliphatic carbocycles. The van der Waals surface area contributed by atoms with Crippen LogP contribution in [0.2, 0.25) is 0 Å². The normalized spacial score (nSPS) is 32.8. The van der Waals surface area contributed by atoms with Crippen molar-refractivity contribution in [3.05, 3.63) is 82.9 Å². The van der Waals surface area contributed by atoms with Crippen molar-refractivity contribution in [1.29, 1.82) is 0 Å². The molecule has 4 N–H and O–H groups in total. The second-order valence-corrected chi connectivity index (χ2v) is 17.4. The van der Waals surface area contributed by atoms with Gasteiger partial charge in [-0.25, -0.2) is 14.4 Å². The lowest BCUT2D eigenvalue weighted by atomic mass is 9.46. The second-order valence-electron chi connectivity index (χ2n) is 17.4. The van der Waals surface area contributed by atoms with Crippen LogP contribution in [0.15, 0.2) is 71.8 Å². The van der Waals surface area contributed by atoms with Crippen LogP contribution in [0.5, 0.6) is 0 Å². The van der Waals surface area contributed by atoms with Crippen molar-refractivity contribution in [3.8, 4) is 0 Å². The topological polar surface area (TPSA) is 204 Å². The SMILES string of the molecule is CC(=O)OC12COC1C[C@@H](O)[C@]1(C)C(=O)[C@@H](O)C3=C(C)[C@H](OC(=O)[C@@H](O)[C@H](NC(=O)OC(C)(C)C)c4ccccc4)C[C@@H]([C@H](OC(=O)c4ccccc4)[C@@H]21)C3(C)C. The Morgan fingerprint density at radius 1 is 0.930 bits per heavy atom. The number of alkyl carbamates (subject to hydrolysis) is 1. The fourth-order valence-electron chi connectivity index (χ4n) is 9.64. The molecule has 2 aromatic rings. The molecule has 3 fully saturated rings. The molecular weight excluding hydrogens is 738 g/mol. The summed E-state index contributed by atoms with van der Waals surface area (Å²) in [6, 6.07) is 15.2. The van der Waals surface area contributed by atoms with E-state index >= 15 is 0 Å². The number of nitrogens with one attached hydrogen (secondary N) is 1. The number of carbonyl (C=O) groups excluding carboxylic acids is 5. The van der Waals surface area contributed by atoms with Gasteiger partial charge < -0.3 is 44.3 Å². The Balaban J connectivity index is 1.45. The van der Waals surface area contributed by atoms with E-state index in [2.05, 4.69) is 5.32 Å². The van der Waals surface area contributed by atoms with Crippen LogP contribution in [0.1, 0.15) is 90.2 Å². The molecule has 14 nitrogen and oxygen atoms in total. The fraction of sp³-hybridized carbons (Fsp3) is 0.558. The third kappa shape index (κ3) is 7.48. The Morgan fingerprint density at radius 2 is 1.54 bits per heavy atom. The van der Waals surface area contributed by atoms with E-state index in [9.17, 15) is 39.3 Å². The number of ether oxygens (including phenoxy) is 5. The Hall–Kier alpha value is -4.63. The number of aliphatic hydroxyl groups excluding tert-OH is 3. The molecule has 0 spiro atoms. The maximum atomic E-state index is 14.9. The summed E-state index contributed by atoms with van der Waals surface area (Å²) in [6.07, 6.45) is -9.56. The number of Topliss-reactive ketones (excluding diaryl/α,β-unsaturated/α-hetero) is 1. The molecule has 14 heteroatoms. The fourth-order valence-corrected chi connectivity index (χ4v) is 9.64. The zero-order valence-corrected chi connectivity index (χ0v) is 33.5. The highest BCUT2D eigenvalue weighted by Crippen LogP contribution is 2.63. The first-order valence-electron chi connectivity index (χ1n) is 19.2. The lowest BCUT2D eigenvalue weighted by Gasteiger charge is -2.65. The summed E-state index contributed by atoms with van der Waals surface area (Å²) in [6.45, 7) is 12.7. The summed E-state index contributed by atoms with van der Waals surface area (Å²) >= 11 is 0. The predicted molar refractivity (Wildman–Crippen MR) is 202 cm³/mol. The van der Waals surface area contributed by atoms with Crippen LogP contribution in [-0.4, -0.2) is 99.5 Å². The zero-order chi connectivity index (χ0) is 41.8. The highest BCUT2D eigenvalue weighted by Gasteiger charge is 2.75. The molecule has 0 aromatic heterocycles. The third-order valence-electron chi connectivity index (χ3n) is 12.4. The van der Waals surface area contributed by atoms with Crippen LogP contribution >= 0.6 is 0 Å². The average molecular weight is 792 g/mol. The van der Waals surface area contributed by atoms with E-state index < -0.39 is 106 Å². The van der Waals surface area contributed by atoms with Crippen LogP contribution < -0.4 is 5.32 Å². The minimum Gasteiger partial charge on any atom is -0.458 e. The first-order chi connectivity index (χ1) is 26.6. The Morgan fingerprint density at radius 3 is 2.11 bits per heavy atom. The minimum absolute atomic E-state index is 0.0473. The largest absolute Gasteiger partial charge is 0.458 e. The summed E-state index contributed by atoms with van der Waals surface area (Å²) in [7, 11) is 0. The highest BCUT2D eigenvalue weighted by atomic mass is 16.6. The number of aliphatic hydroxyl groups is 3. The molecule has 2 bridgehead atoms. The first kappa shape index (κ1) is 42.0. The van der Waals surface area contributed by atoms with Gasteiger partial charge in [0.05, 0.1) is 35.6 Å².